The van der Waals surface area contributed by atoms with E-state index in [1.54, 1.807) is 14.2 Å². The van der Waals surface area contributed by atoms with E-state index in [1.165, 1.54) is 7.11 Å². The van der Waals surface area contributed by atoms with Gasteiger partial charge in [-0.15, -0.1) is 0 Å². The molecule has 182 valence electrons. The first-order chi connectivity index (χ1) is 16.9. The molecule has 35 heavy (non-hydrogen) atoms. The molecule has 0 aromatic heterocycles. The quantitative estimate of drug-likeness (QED) is 0.650. The van der Waals surface area contributed by atoms with Gasteiger partial charge in [-0.2, -0.15) is 0 Å². The van der Waals surface area contributed by atoms with E-state index >= 15 is 0 Å². The van der Waals surface area contributed by atoms with Crippen LogP contribution in [0.2, 0.25) is 0 Å². The zero-order valence-electron chi connectivity index (χ0n) is 20.0. The molecule has 0 bridgehead atoms. The monoisotopic (exact) mass is 477 g/mol. The summed E-state index contributed by atoms with van der Waals surface area (Å²) in [5.41, 5.74) is 3.61. The second-order valence-electron chi connectivity index (χ2n) is 8.74. The van der Waals surface area contributed by atoms with E-state index in [4.69, 9.17) is 23.7 Å². The molecule has 2 aromatic rings. The van der Waals surface area contributed by atoms with Crippen LogP contribution in [0.3, 0.4) is 0 Å². The van der Waals surface area contributed by atoms with E-state index in [9.17, 15) is 9.59 Å². The van der Waals surface area contributed by atoms with Gasteiger partial charge in [0.2, 0.25) is 6.79 Å². The van der Waals surface area contributed by atoms with E-state index in [2.05, 4.69) is 11.4 Å². The molecule has 3 unspecified atom stereocenters. The number of hydrogen-bond acceptors (Lipinski definition) is 8. The van der Waals surface area contributed by atoms with Gasteiger partial charge in [0, 0.05) is 29.7 Å². The van der Waals surface area contributed by atoms with Crippen LogP contribution >= 0.6 is 0 Å². The Kier molecular flexibility index (Phi) is 5.88. The molecule has 0 saturated heterocycles. The number of Topliss-reactive ketones (excluding diaryl/α,β-unsaturated/α-hetero) is 1. The molecule has 1 N–H and O–H groups in total. The van der Waals surface area contributed by atoms with Crippen molar-refractivity contribution in [1.29, 1.82) is 0 Å². The fourth-order valence-corrected chi connectivity index (χ4v) is 5.22. The van der Waals surface area contributed by atoms with Gasteiger partial charge in [0.15, 0.2) is 23.0 Å². The minimum atomic E-state index is -0.551. The molecule has 8 nitrogen and oxygen atoms in total. The minimum Gasteiger partial charge on any atom is -0.493 e. The van der Waals surface area contributed by atoms with Gasteiger partial charge in [-0.05, 0) is 42.3 Å². The zero-order chi connectivity index (χ0) is 24.7. The lowest BCUT2D eigenvalue weighted by atomic mass is 9.68. The Morgan fingerprint density at radius 3 is 2.43 bits per heavy atom. The van der Waals surface area contributed by atoms with Gasteiger partial charge in [-0.3, -0.25) is 4.79 Å². The summed E-state index contributed by atoms with van der Waals surface area (Å²) in [5, 5.41) is 3.32. The lowest BCUT2D eigenvalue weighted by molar-refractivity contribution is -0.136. The number of carbonyl (C=O) groups excluding carboxylic acids is 2. The number of carbonyl (C=O) groups is 2. The first-order valence-corrected chi connectivity index (χ1v) is 11.4. The van der Waals surface area contributed by atoms with Crippen molar-refractivity contribution in [3.8, 4) is 23.0 Å². The zero-order valence-corrected chi connectivity index (χ0v) is 20.0. The maximum Gasteiger partial charge on any atom is 0.336 e. The van der Waals surface area contributed by atoms with Crippen LogP contribution in [0.5, 0.6) is 23.0 Å². The summed E-state index contributed by atoms with van der Waals surface area (Å²) < 4.78 is 26.9. The molecule has 2 aromatic carbocycles. The van der Waals surface area contributed by atoms with Gasteiger partial charge < -0.3 is 29.0 Å². The number of hydrogen-bond donors (Lipinski definition) is 1. The van der Waals surface area contributed by atoms with Crippen LogP contribution in [-0.4, -0.2) is 39.9 Å². The Labute approximate surface area is 203 Å². The molecule has 3 aliphatic rings. The van der Waals surface area contributed by atoms with Crippen LogP contribution in [0.4, 0.5) is 0 Å². The van der Waals surface area contributed by atoms with Gasteiger partial charge >= 0.3 is 5.97 Å². The molecular weight excluding hydrogens is 450 g/mol. The van der Waals surface area contributed by atoms with Crippen LogP contribution in [0, 0.1) is 5.92 Å². The maximum absolute atomic E-state index is 13.7. The van der Waals surface area contributed by atoms with Gasteiger partial charge in [-0.25, -0.2) is 4.79 Å². The second kappa shape index (κ2) is 9.02. The molecule has 0 saturated carbocycles. The van der Waals surface area contributed by atoms with E-state index in [0.717, 1.165) is 16.8 Å². The third-order valence-electron chi connectivity index (χ3n) is 6.86. The first-order valence-electron chi connectivity index (χ1n) is 11.4. The van der Waals surface area contributed by atoms with Crippen LogP contribution in [0.15, 0.2) is 59.4 Å². The maximum atomic E-state index is 13.7. The molecule has 5 rings (SSSR count). The van der Waals surface area contributed by atoms with Gasteiger partial charge in [0.05, 0.1) is 32.8 Å². The van der Waals surface area contributed by atoms with E-state index in [0.29, 0.717) is 40.7 Å². The Morgan fingerprint density at radius 2 is 1.69 bits per heavy atom. The van der Waals surface area contributed by atoms with Crippen molar-refractivity contribution < 1.29 is 33.3 Å². The topological polar surface area (TPSA) is 92.3 Å². The Hall–Kier alpha value is -3.94. The minimum absolute atomic E-state index is 0.0337. The lowest BCUT2D eigenvalue weighted by Gasteiger charge is -2.39. The molecule has 0 fully saturated rings. The Bertz CT molecular complexity index is 1260. The molecule has 3 atom stereocenters. The summed E-state index contributed by atoms with van der Waals surface area (Å²) in [6.45, 7) is 1.97. The highest BCUT2D eigenvalue weighted by molar-refractivity contribution is 5.96. The number of benzene rings is 2. The number of allylic oxidation sites excluding steroid dienone is 3. The first kappa shape index (κ1) is 22.8. The number of ether oxygens (including phenoxy) is 5. The van der Waals surface area contributed by atoms with Crippen LogP contribution in [0.25, 0.3) is 0 Å². The molecule has 2 aliphatic heterocycles. The van der Waals surface area contributed by atoms with Crippen molar-refractivity contribution in [1.82, 2.24) is 5.32 Å². The Balaban J connectivity index is 1.59. The normalized spacial score (nSPS) is 22.7. The number of ketones is 1. The highest BCUT2D eigenvalue weighted by Crippen LogP contribution is 2.48. The summed E-state index contributed by atoms with van der Waals surface area (Å²) in [6.07, 6.45) is 2.37. The van der Waals surface area contributed by atoms with Gasteiger partial charge in [0.1, 0.15) is 5.78 Å². The fraction of sp³-hybridized carbons (Fsp3) is 0.333. The molecule has 0 amide bonds. The van der Waals surface area contributed by atoms with Crippen molar-refractivity contribution in [2.75, 3.05) is 28.1 Å². The molecule has 2 heterocycles. The highest BCUT2D eigenvalue weighted by Gasteiger charge is 2.45. The van der Waals surface area contributed by atoms with Crippen LogP contribution in [0.1, 0.15) is 36.3 Å². The van der Waals surface area contributed by atoms with Crippen molar-refractivity contribution in [2.45, 2.75) is 25.2 Å². The van der Waals surface area contributed by atoms with E-state index in [-0.39, 0.29) is 18.5 Å². The highest BCUT2D eigenvalue weighted by atomic mass is 16.7. The van der Waals surface area contributed by atoms with Crippen molar-refractivity contribution >= 4 is 11.8 Å². The van der Waals surface area contributed by atoms with Crippen molar-refractivity contribution in [2.24, 2.45) is 5.92 Å². The summed E-state index contributed by atoms with van der Waals surface area (Å²) in [6, 6.07) is 11.2. The van der Waals surface area contributed by atoms with Crippen molar-refractivity contribution in [3.63, 3.8) is 0 Å². The number of methoxy groups -OCH3 is 3. The fourth-order valence-electron chi connectivity index (χ4n) is 5.22. The lowest BCUT2D eigenvalue weighted by Crippen LogP contribution is -2.41. The molecule has 0 spiro atoms. The van der Waals surface area contributed by atoms with E-state index in [1.807, 2.05) is 43.3 Å². The summed E-state index contributed by atoms with van der Waals surface area (Å²) >= 11 is 0. The van der Waals surface area contributed by atoms with Gasteiger partial charge in [-0.1, -0.05) is 18.2 Å². The summed E-state index contributed by atoms with van der Waals surface area (Å²) in [5.74, 6) is 0.833. The Morgan fingerprint density at radius 1 is 0.943 bits per heavy atom. The molecule has 0 radical (unpaired) electrons. The number of nitrogens with one attached hydrogen (secondary N) is 1. The van der Waals surface area contributed by atoms with Gasteiger partial charge in [0.25, 0.3) is 0 Å². The second-order valence-corrected chi connectivity index (χ2v) is 8.74. The largest absolute Gasteiger partial charge is 0.493 e. The smallest absolute Gasteiger partial charge is 0.336 e. The van der Waals surface area contributed by atoms with Crippen LogP contribution < -0.4 is 24.3 Å². The average Bonchev–Trinajstić information content (AvgIpc) is 3.34. The summed E-state index contributed by atoms with van der Waals surface area (Å²) in [7, 11) is 4.52. The predicted octanol–water partition coefficient (Wildman–Crippen LogP) is 3.82. The molecular formula is C27H27NO7. The number of rotatable bonds is 5. The third kappa shape index (κ3) is 3.88. The molecule has 1 aliphatic carbocycles. The third-order valence-corrected chi connectivity index (χ3v) is 6.86. The standard InChI is InChI=1S/C27H27NO7/c1-14-24(27(30)33-4)25(16-6-8-21-23(12-16)35-13-34-21)26-18(28-14)9-17(10-19(26)29)15-5-7-20(31-2)22(11-15)32-3/h5-9,11-12,17,25-26,28H,10,13H2,1-4H3. The van der Waals surface area contributed by atoms with E-state index < -0.39 is 17.8 Å². The number of fused-ring (bicyclic) bond motifs is 2. The average molecular weight is 478 g/mol. The summed E-state index contributed by atoms with van der Waals surface area (Å²) in [4.78, 5) is 26.6. The number of esters is 1. The van der Waals surface area contributed by atoms with Crippen LogP contribution in [-0.2, 0) is 14.3 Å². The SMILES string of the molecule is COC(=O)C1=C(C)NC2=CC(c3ccc(OC)c(OC)c3)CC(=O)C2C1c1ccc2c(c1)OCO2. The molecule has 8 heteroatoms. The van der Waals surface area contributed by atoms with Crippen molar-refractivity contribution in [3.05, 3.63) is 70.6 Å². The predicted molar refractivity (Wildman–Crippen MR) is 127 cm³/mol.